The van der Waals surface area contributed by atoms with E-state index in [0.717, 1.165) is 39.7 Å². The lowest BCUT2D eigenvalue weighted by atomic mass is 10.2. The molecule has 0 bridgehead atoms. The first-order valence-corrected chi connectivity index (χ1v) is 8.24. The van der Waals surface area contributed by atoms with Crippen LogP contribution in [0.1, 0.15) is 30.5 Å². The van der Waals surface area contributed by atoms with Gasteiger partial charge in [0.2, 0.25) is 0 Å². The van der Waals surface area contributed by atoms with Crippen LogP contribution in [-0.2, 0) is 0 Å². The van der Waals surface area contributed by atoms with E-state index in [-0.39, 0.29) is 12.4 Å². The van der Waals surface area contributed by atoms with Gasteiger partial charge in [-0.3, -0.25) is 4.40 Å². The zero-order valence-corrected chi connectivity index (χ0v) is 14.7. The fourth-order valence-corrected chi connectivity index (χ4v) is 3.91. The third-order valence-electron chi connectivity index (χ3n) is 4.05. The average Bonchev–Trinajstić information content (AvgIpc) is 3.01. The molecule has 1 N–H and O–H groups in total. The highest BCUT2D eigenvalue weighted by atomic mass is 35.5. The van der Waals surface area contributed by atoms with Crippen molar-refractivity contribution >= 4 is 39.7 Å². The van der Waals surface area contributed by atoms with Crippen LogP contribution >= 0.6 is 23.7 Å². The number of halogens is 1. The van der Waals surface area contributed by atoms with Crippen LogP contribution in [0, 0.1) is 6.92 Å². The Morgan fingerprint density at radius 1 is 1.27 bits per heavy atom. The van der Waals surface area contributed by atoms with E-state index >= 15 is 0 Å². The van der Waals surface area contributed by atoms with Crippen LogP contribution in [0.15, 0.2) is 24.3 Å². The van der Waals surface area contributed by atoms with Crippen LogP contribution in [0.3, 0.4) is 0 Å². The van der Waals surface area contributed by atoms with Gasteiger partial charge in [0.1, 0.15) is 6.10 Å². The molecule has 2 heterocycles. The molecule has 0 saturated heterocycles. The van der Waals surface area contributed by atoms with E-state index in [0.29, 0.717) is 6.54 Å². The molecule has 0 aliphatic heterocycles. The molecule has 3 aromatic rings. The first-order chi connectivity index (χ1) is 10.2. The molecule has 120 valence electrons. The summed E-state index contributed by atoms with van der Waals surface area (Å²) in [6, 6.07) is 8.14. The van der Waals surface area contributed by atoms with Gasteiger partial charge >= 0.3 is 0 Å². The summed E-state index contributed by atoms with van der Waals surface area (Å²) in [6.45, 7) is 8.90. The Morgan fingerprint density at radius 2 is 1.95 bits per heavy atom. The van der Waals surface area contributed by atoms with Crippen molar-refractivity contribution in [2.45, 2.75) is 26.9 Å². The van der Waals surface area contributed by atoms with Gasteiger partial charge < -0.3 is 10.0 Å². The van der Waals surface area contributed by atoms with Crippen LogP contribution in [0.25, 0.3) is 16.0 Å². The monoisotopic (exact) mass is 339 g/mol. The molecule has 0 aliphatic rings. The molecule has 6 heteroatoms. The fourth-order valence-electron chi connectivity index (χ4n) is 2.80. The third-order valence-corrected chi connectivity index (χ3v) is 5.30. The molecule has 0 saturated carbocycles. The highest BCUT2D eigenvalue weighted by Crippen LogP contribution is 2.31. The van der Waals surface area contributed by atoms with Crippen molar-refractivity contribution in [1.29, 1.82) is 0 Å². The molecule has 4 nitrogen and oxygen atoms in total. The number of aromatic nitrogens is 2. The van der Waals surface area contributed by atoms with Crippen LogP contribution < -0.4 is 0 Å². The molecule has 0 radical (unpaired) electrons. The van der Waals surface area contributed by atoms with Crippen molar-refractivity contribution in [3.8, 4) is 0 Å². The largest absolute Gasteiger partial charge is 0.386 e. The molecular formula is C16H22ClN3OS. The SMILES string of the molecule is CCN(CC)CC(O)c1sc2nc3ccccc3n2c1C.Cl. The summed E-state index contributed by atoms with van der Waals surface area (Å²) in [6.07, 6.45) is -0.449. The number of hydrogen-bond acceptors (Lipinski definition) is 4. The molecule has 0 aliphatic carbocycles. The number of hydrogen-bond donors (Lipinski definition) is 1. The van der Waals surface area contributed by atoms with Crippen molar-refractivity contribution in [2.24, 2.45) is 0 Å². The van der Waals surface area contributed by atoms with Gasteiger partial charge in [-0.15, -0.1) is 12.4 Å². The summed E-state index contributed by atoms with van der Waals surface area (Å²) in [5.41, 5.74) is 3.22. The summed E-state index contributed by atoms with van der Waals surface area (Å²) in [5.74, 6) is 0. The van der Waals surface area contributed by atoms with Gasteiger partial charge in [0.05, 0.1) is 15.9 Å². The number of nitrogens with zero attached hydrogens (tertiary/aromatic N) is 3. The van der Waals surface area contributed by atoms with Gasteiger partial charge in [0.25, 0.3) is 0 Å². The molecule has 0 fully saturated rings. The minimum atomic E-state index is -0.449. The number of aliphatic hydroxyl groups is 1. The maximum atomic E-state index is 10.6. The molecule has 3 rings (SSSR count). The normalized spacial score (nSPS) is 13.0. The van der Waals surface area contributed by atoms with E-state index < -0.39 is 6.10 Å². The summed E-state index contributed by atoms with van der Waals surface area (Å²) >= 11 is 1.60. The number of rotatable bonds is 5. The minimum Gasteiger partial charge on any atom is -0.386 e. The number of thiazole rings is 1. The molecule has 2 aromatic heterocycles. The Bertz CT molecular complexity index is 763. The standard InChI is InChI=1S/C16H21N3OS.ClH/c1-4-18(5-2)10-14(20)15-11(3)19-13-9-7-6-8-12(13)17-16(19)21-15;/h6-9,14,20H,4-5,10H2,1-3H3;1H. The van der Waals surface area contributed by atoms with Gasteiger partial charge in [0.15, 0.2) is 4.96 Å². The number of benzene rings is 1. The number of para-hydroxylation sites is 2. The van der Waals surface area contributed by atoms with E-state index in [2.05, 4.69) is 41.1 Å². The lowest BCUT2D eigenvalue weighted by Gasteiger charge is -2.21. The lowest BCUT2D eigenvalue weighted by molar-refractivity contribution is 0.121. The van der Waals surface area contributed by atoms with Crippen LogP contribution in [0.2, 0.25) is 0 Å². The maximum absolute atomic E-state index is 10.6. The number of aliphatic hydroxyl groups excluding tert-OH is 1. The quantitative estimate of drug-likeness (QED) is 0.771. The molecule has 0 amide bonds. The van der Waals surface area contributed by atoms with Gasteiger partial charge in [-0.2, -0.15) is 0 Å². The van der Waals surface area contributed by atoms with Gasteiger partial charge in [-0.1, -0.05) is 37.3 Å². The Hall–Kier alpha value is -1.14. The molecule has 22 heavy (non-hydrogen) atoms. The highest BCUT2D eigenvalue weighted by molar-refractivity contribution is 7.17. The summed E-state index contributed by atoms with van der Waals surface area (Å²) in [4.78, 5) is 8.88. The van der Waals surface area contributed by atoms with Crippen molar-refractivity contribution < 1.29 is 5.11 Å². The van der Waals surface area contributed by atoms with Gasteiger partial charge in [0, 0.05) is 12.2 Å². The van der Waals surface area contributed by atoms with Gasteiger partial charge in [-0.05, 0) is 32.1 Å². The summed E-state index contributed by atoms with van der Waals surface area (Å²) in [5, 5.41) is 10.6. The lowest BCUT2D eigenvalue weighted by Crippen LogP contribution is -2.28. The van der Waals surface area contributed by atoms with Crippen molar-refractivity contribution in [3.05, 3.63) is 34.8 Å². The number of fused-ring (bicyclic) bond motifs is 3. The van der Waals surface area contributed by atoms with E-state index in [9.17, 15) is 5.11 Å². The van der Waals surface area contributed by atoms with Crippen LogP contribution in [0.5, 0.6) is 0 Å². The number of aryl methyl sites for hydroxylation is 1. The second kappa shape index (κ2) is 6.96. The Morgan fingerprint density at radius 3 is 2.64 bits per heavy atom. The molecule has 1 unspecified atom stereocenters. The van der Waals surface area contributed by atoms with Crippen molar-refractivity contribution in [2.75, 3.05) is 19.6 Å². The molecule has 0 spiro atoms. The third kappa shape index (κ3) is 2.86. The van der Waals surface area contributed by atoms with E-state index in [1.54, 1.807) is 11.3 Å². The zero-order valence-electron chi connectivity index (χ0n) is 13.1. The maximum Gasteiger partial charge on any atom is 0.195 e. The topological polar surface area (TPSA) is 40.8 Å². The van der Waals surface area contributed by atoms with E-state index in [1.807, 2.05) is 18.2 Å². The smallest absolute Gasteiger partial charge is 0.195 e. The number of imidazole rings is 1. The predicted molar refractivity (Wildman–Crippen MR) is 95.3 cm³/mol. The predicted octanol–water partition coefficient (Wildman–Crippen LogP) is 3.65. The first kappa shape index (κ1) is 17.2. The Balaban J connectivity index is 0.00000176. The Labute approximate surface area is 140 Å². The van der Waals surface area contributed by atoms with E-state index in [1.165, 1.54) is 0 Å². The number of likely N-dealkylation sites (N-methyl/N-ethyl adjacent to an activating group) is 1. The molecular weight excluding hydrogens is 318 g/mol. The summed E-state index contributed by atoms with van der Waals surface area (Å²) < 4.78 is 2.15. The average molecular weight is 340 g/mol. The van der Waals surface area contributed by atoms with Crippen molar-refractivity contribution in [1.82, 2.24) is 14.3 Å². The van der Waals surface area contributed by atoms with Crippen LogP contribution in [-0.4, -0.2) is 39.0 Å². The second-order valence-corrected chi connectivity index (χ2v) is 6.28. The van der Waals surface area contributed by atoms with Gasteiger partial charge in [-0.25, -0.2) is 4.98 Å². The van der Waals surface area contributed by atoms with Crippen molar-refractivity contribution in [3.63, 3.8) is 0 Å². The second-order valence-electron chi connectivity index (χ2n) is 5.27. The van der Waals surface area contributed by atoms with E-state index in [4.69, 9.17) is 0 Å². The molecule has 1 aromatic carbocycles. The Kier molecular flexibility index (Phi) is 5.45. The van der Waals surface area contributed by atoms with Crippen LogP contribution in [0.4, 0.5) is 0 Å². The minimum absolute atomic E-state index is 0. The molecule has 1 atom stereocenters. The first-order valence-electron chi connectivity index (χ1n) is 7.42. The highest BCUT2D eigenvalue weighted by Gasteiger charge is 2.20. The zero-order chi connectivity index (χ0) is 15.0. The summed E-state index contributed by atoms with van der Waals surface area (Å²) in [7, 11) is 0. The fraction of sp³-hybridized carbons (Fsp3) is 0.438.